The van der Waals surface area contributed by atoms with Crippen molar-refractivity contribution in [2.75, 3.05) is 19.5 Å². The van der Waals surface area contributed by atoms with E-state index in [0.29, 0.717) is 18.0 Å². The topological polar surface area (TPSA) is 57.4 Å². The Morgan fingerprint density at radius 2 is 1.83 bits per heavy atom. The summed E-state index contributed by atoms with van der Waals surface area (Å²) in [6, 6.07) is 13.7. The van der Waals surface area contributed by atoms with E-state index in [1.165, 1.54) is 0 Å². The number of nitrogen functional groups attached to an aromatic ring is 1. The first-order chi connectivity index (χ1) is 11.2. The summed E-state index contributed by atoms with van der Waals surface area (Å²) in [5, 5.41) is 2.98. The van der Waals surface area contributed by atoms with Gasteiger partial charge in [0.05, 0.1) is 25.1 Å². The summed E-state index contributed by atoms with van der Waals surface area (Å²) < 4.78 is 10.7. The average Bonchev–Trinajstić information content (AvgIpc) is 3.07. The highest BCUT2D eigenvalue weighted by atomic mass is 32.1. The van der Waals surface area contributed by atoms with Gasteiger partial charge in [-0.1, -0.05) is 0 Å². The van der Waals surface area contributed by atoms with E-state index in [2.05, 4.69) is 0 Å². The smallest absolute Gasteiger partial charge is 0.142 e. The van der Waals surface area contributed by atoms with Crippen LogP contribution < -0.4 is 15.2 Å². The molecule has 0 aliphatic carbocycles. The van der Waals surface area contributed by atoms with Crippen molar-refractivity contribution in [2.24, 2.45) is 0 Å². The summed E-state index contributed by atoms with van der Waals surface area (Å²) in [6.07, 6.45) is 0. The molecule has 0 atom stereocenters. The molecule has 118 valence electrons. The largest absolute Gasteiger partial charge is 0.497 e. The Hall–Kier alpha value is -2.53. The molecule has 4 nitrogen and oxygen atoms in total. The molecular formula is C18H18N2O2S. The van der Waals surface area contributed by atoms with Gasteiger partial charge in [-0.3, -0.25) is 0 Å². The van der Waals surface area contributed by atoms with Crippen LogP contribution in [0.2, 0.25) is 0 Å². The predicted molar refractivity (Wildman–Crippen MR) is 95.1 cm³/mol. The Labute approximate surface area is 139 Å². The second-order valence-corrected chi connectivity index (χ2v) is 5.81. The summed E-state index contributed by atoms with van der Waals surface area (Å²) >= 11 is 1.60. The maximum atomic E-state index is 6.03. The van der Waals surface area contributed by atoms with Crippen molar-refractivity contribution in [2.45, 2.75) is 6.92 Å². The van der Waals surface area contributed by atoms with Crippen LogP contribution in [-0.4, -0.2) is 18.7 Å². The highest BCUT2D eigenvalue weighted by Crippen LogP contribution is 2.33. The summed E-state index contributed by atoms with van der Waals surface area (Å²) in [7, 11) is 1.66. The van der Waals surface area contributed by atoms with Crippen LogP contribution in [0.1, 0.15) is 6.92 Å². The van der Waals surface area contributed by atoms with Crippen molar-refractivity contribution >= 4 is 17.0 Å². The molecular weight excluding hydrogens is 308 g/mol. The zero-order valence-corrected chi connectivity index (χ0v) is 13.9. The van der Waals surface area contributed by atoms with Gasteiger partial charge in [0.1, 0.15) is 16.5 Å². The number of ether oxygens (including phenoxy) is 2. The van der Waals surface area contributed by atoms with Crippen molar-refractivity contribution in [3.8, 4) is 33.3 Å². The first kappa shape index (κ1) is 15.4. The fourth-order valence-corrected chi connectivity index (χ4v) is 3.10. The molecule has 3 rings (SSSR count). The van der Waals surface area contributed by atoms with E-state index in [4.69, 9.17) is 20.2 Å². The highest BCUT2D eigenvalue weighted by molar-refractivity contribution is 7.13. The average molecular weight is 326 g/mol. The van der Waals surface area contributed by atoms with Crippen LogP contribution in [0, 0.1) is 0 Å². The molecule has 5 heteroatoms. The second-order valence-electron chi connectivity index (χ2n) is 4.95. The van der Waals surface area contributed by atoms with Crippen LogP contribution in [-0.2, 0) is 0 Å². The third-order valence-corrected chi connectivity index (χ3v) is 4.34. The molecule has 2 aromatic carbocycles. The van der Waals surface area contributed by atoms with Crippen LogP contribution >= 0.6 is 11.3 Å². The van der Waals surface area contributed by atoms with Crippen LogP contribution in [0.5, 0.6) is 11.5 Å². The maximum absolute atomic E-state index is 6.03. The Balaban J connectivity index is 1.87. The third kappa shape index (κ3) is 3.29. The van der Waals surface area contributed by atoms with E-state index in [1.54, 1.807) is 18.4 Å². The van der Waals surface area contributed by atoms with E-state index >= 15 is 0 Å². The lowest BCUT2D eigenvalue weighted by Crippen LogP contribution is -1.96. The van der Waals surface area contributed by atoms with E-state index in [0.717, 1.165) is 27.6 Å². The van der Waals surface area contributed by atoms with E-state index < -0.39 is 0 Å². The molecule has 0 aliphatic heterocycles. The number of nitrogens with two attached hydrogens (primary N) is 1. The van der Waals surface area contributed by atoms with Crippen LogP contribution in [0.4, 0.5) is 5.69 Å². The van der Waals surface area contributed by atoms with Crippen LogP contribution in [0.3, 0.4) is 0 Å². The molecule has 0 aliphatic rings. The van der Waals surface area contributed by atoms with Gasteiger partial charge in [0.25, 0.3) is 0 Å². The molecule has 0 saturated carbocycles. The standard InChI is InChI=1S/C18H18N2O2S/c1-3-22-17-9-6-13(10-15(17)19)18-20-16(11-23-18)12-4-7-14(21-2)8-5-12/h4-11H,3,19H2,1-2H3. The Kier molecular flexibility index (Phi) is 4.48. The van der Waals surface area contributed by atoms with E-state index in [9.17, 15) is 0 Å². The molecule has 0 amide bonds. The zero-order chi connectivity index (χ0) is 16.2. The number of benzene rings is 2. The molecule has 23 heavy (non-hydrogen) atoms. The lowest BCUT2D eigenvalue weighted by atomic mass is 10.1. The summed E-state index contributed by atoms with van der Waals surface area (Å²) in [4.78, 5) is 4.70. The van der Waals surface area contributed by atoms with Crippen molar-refractivity contribution in [3.05, 3.63) is 47.8 Å². The fraction of sp³-hybridized carbons (Fsp3) is 0.167. The number of rotatable bonds is 5. The highest BCUT2D eigenvalue weighted by Gasteiger charge is 2.09. The van der Waals surface area contributed by atoms with Crippen LogP contribution in [0.15, 0.2) is 47.8 Å². The Morgan fingerprint density at radius 3 is 2.48 bits per heavy atom. The van der Waals surface area contributed by atoms with Gasteiger partial charge in [-0.05, 0) is 49.4 Å². The second kappa shape index (κ2) is 6.71. The SMILES string of the molecule is CCOc1ccc(-c2nc(-c3ccc(OC)cc3)cs2)cc1N. The minimum absolute atomic E-state index is 0.600. The van der Waals surface area contributed by atoms with E-state index in [-0.39, 0.29) is 0 Å². The lowest BCUT2D eigenvalue weighted by Gasteiger charge is -2.07. The summed E-state index contributed by atoms with van der Waals surface area (Å²) in [6.45, 7) is 2.54. The van der Waals surface area contributed by atoms with Crippen LogP contribution in [0.25, 0.3) is 21.8 Å². The molecule has 1 heterocycles. The van der Waals surface area contributed by atoms with E-state index in [1.807, 2.05) is 54.8 Å². The zero-order valence-electron chi connectivity index (χ0n) is 13.1. The van der Waals surface area contributed by atoms with Gasteiger partial charge in [0, 0.05) is 16.5 Å². The quantitative estimate of drug-likeness (QED) is 0.703. The molecule has 0 saturated heterocycles. The number of anilines is 1. The lowest BCUT2D eigenvalue weighted by molar-refractivity contribution is 0.342. The minimum Gasteiger partial charge on any atom is -0.497 e. The Bertz CT molecular complexity index is 797. The van der Waals surface area contributed by atoms with Gasteiger partial charge in [-0.15, -0.1) is 11.3 Å². The van der Waals surface area contributed by atoms with Gasteiger partial charge in [0.15, 0.2) is 0 Å². The molecule has 3 aromatic rings. The summed E-state index contributed by atoms with van der Waals surface area (Å²) in [5.41, 5.74) is 9.67. The molecule has 0 unspecified atom stereocenters. The third-order valence-electron chi connectivity index (χ3n) is 3.45. The number of methoxy groups -OCH3 is 1. The van der Waals surface area contributed by atoms with Gasteiger partial charge in [0.2, 0.25) is 0 Å². The van der Waals surface area contributed by atoms with Crippen molar-refractivity contribution in [1.29, 1.82) is 0 Å². The molecule has 0 bridgehead atoms. The fourth-order valence-electron chi connectivity index (χ4n) is 2.27. The molecule has 0 spiro atoms. The normalized spacial score (nSPS) is 10.5. The minimum atomic E-state index is 0.600. The van der Waals surface area contributed by atoms with Crippen molar-refractivity contribution in [1.82, 2.24) is 4.98 Å². The number of thiazole rings is 1. The van der Waals surface area contributed by atoms with Crippen molar-refractivity contribution in [3.63, 3.8) is 0 Å². The molecule has 0 radical (unpaired) electrons. The maximum Gasteiger partial charge on any atom is 0.142 e. The van der Waals surface area contributed by atoms with Crippen molar-refractivity contribution < 1.29 is 9.47 Å². The van der Waals surface area contributed by atoms with Gasteiger partial charge < -0.3 is 15.2 Å². The first-order valence-electron chi connectivity index (χ1n) is 7.34. The number of aromatic nitrogens is 1. The number of nitrogens with zero attached hydrogens (tertiary/aromatic N) is 1. The monoisotopic (exact) mass is 326 g/mol. The number of hydrogen-bond donors (Lipinski definition) is 1. The number of hydrogen-bond acceptors (Lipinski definition) is 5. The molecule has 1 aromatic heterocycles. The van der Waals surface area contributed by atoms with Gasteiger partial charge >= 0.3 is 0 Å². The first-order valence-corrected chi connectivity index (χ1v) is 8.22. The molecule has 0 fully saturated rings. The van der Waals surface area contributed by atoms with Gasteiger partial charge in [-0.2, -0.15) is 0 Å². The Morgan fingerprint density at radius 1 is 1.09 bits per heavy atom. The summed E-state index contributed by atoms with van der Waals surface area (Å²) in [5.74, 6) is 1.55. The van der Waals surface area contributed by atoms with Gasteiger partial charge in [-0.25, -0.2) is 4.98 Å². The predicted octanol–water partition coefficient (Wildman–Crippen LogP) is 4.47. The molecule has 2 N–H and O–H groups in total.